The van der Waals surface area contributed by atoms with Crippen LogP contribution in [0.3, 0.4) is 0 Å². The van der Waals surface area contributed by atoms with E-state index in [9.17, 15) is 9.18 Å². The highest BCUT2D eigenvalue weighted by Crippen LogP contribution is 2.25. The third kappa shape index (κ3) is 4.39. The molecule has 1 saturated carbocycles. The molecule has 1 saturated heterocycles. The van der Waals surface area contributed by atoms with Gasteiger partial charge in [0.2, 0.25) is 0 Å². The second-order valence-electron chi connectivity index (χ2n) is 8.90. The quantitative estimate of drug-likeness (QED) is 0.606. The lowest BCUT2D eigenvalue weighted by Crippen LogP contribution is -2.52. The van der Waals surface area contributed by atoms with E-state index in [1.807, 2.05) is 11.8 Å². The first kappa shape index (κ1) is 21.7. The van der Waals surface area contributed by atoms with Gasteiger partial charge < -0.3 is 4.90 Å². The fourth-order valence-electron chi connectivity index (χ4n) is 5.00. The normalized spacial score (nSPS) is 17.9. The molecule has 0 bridgehead atoms. The zero-order chi connectivity index (χ0) is 22.8. The number of carbonyl (C=O) groups excluding carboxylic acids is 1. The van der Waals surface area contributed by atoms with Crippen LogP contribution in [-0.2, 0) is 0 Å². The van der Waals surface area contributed by atoms with Crippen LogP contribution in [0, 0.1) is 12.7 Å². The molecular weight excluding hydrogens is 419 g/mol. The van der Waals surface area contributed by atoms with Crippen molar-refractivity contribution < 1.29 is 9.18 Å². The fourth-order valence-corrected chi connectivity index (χ4v) is 5.00. The van der Waals surface area contributed by atoms with Crippen molar-refractivity contribution >= 4 is 5.91 Å². The molecule has 1 amide bonds. The van der Waals surface area contributed by atoms with Gasteiger partial charge in [0, 0.05) is 44.0 Å². The van der Waals surface area contributed by atoms with E-state index in [0.717, 1.165) is 26.2 Å². The van der Waals surface area contributed by atoms with E-state index in [1.54, 1.807) is 41.3 Å². The molecule has 0 spiro atoms. The minimum Gasteiger partial charge on any atom is -0.336 e. The van der Waals surface area contributed by atoms with E-state index < -0.39 is 0 Å². The zero-order valence-electron chi connectivity index (χ0n) is 19.0. The molecule has 1 aromatic carbocycles. The summed E-state index contributed by atoms with van der Waals surface area (Å²) in [4.78, 5) is 26.5. The van der Waals surface area contributed by atoms with Gasteiger partial charge in [-0.15, -0.1) is 0 Å². The standard InChI is InChI=1S/C25H29FN6O/c1-18-21(24(33)31-15-13-30(14-16-31)19-7-3-2-4-8-19)17-28-32(18)25-27-12-11-23(29-25)20-9-5-6-10-22(20)26/h5-6,9-12,17,19H,2-4,7-8,13-16H2,1H3. The third-order valence-corrected chi connectivity index (χ3v) is 6.91. The van der Waals surface area contributed by atoms with Crippen molar-refractivity contribution in [2.45, 2.75) is 45.1 Å². The second kappa shape index (κ2) is 9.39. The van der Waals surface area contributed by atoms with Crippen molar-refractivity contribution in [1.29, 1.82) is 0 Å². The lowest BCUT2D eigenvalue weighted by Gasteiger charge is -2.40. The van der Waals surface area contributed by atoms with Crippen molar-refractivity contribution in [3.63, 3.8) is 0 Å². The molecule has 7 nitrogen and oxygen atoms in total. The molecule has 0 unspecified atom stereocenters. The van der Waals surface area contributed by atoms with Gasteiger partial charge in [-0.3, -0.25) is 9.69 Å². The topological polar surface area (TPSA) is 67.2 Å². The Morgan fingerprint density at radius 2 is 1.79 bits per heavy atom. The monoisotopic (exact) mass is 448 g/mol. The number of amides is 1. The number of rotatable bonds is 4. The summed E-state index contributed by atoms with van der Waals surface area (Å²) < 4.78 is 15.8. The smallest absolute Gasteiger partial charge is 0.257 e. The average molecular weight is 449 g/mol. The summed E-state index contributed by atoms with van der Waals surface area (Å²) >= 11 is 0. The SMILES string of the molecule is Cc1c(C(=O)N2CCN(C3CCCCC3)CC2)cnn1-c1nccc(-c2ccccc2F)n1. The van der Waals surface area contributed by atoms with Crippen LogP contribution in [0.4, 0.5) is 4.39 Å². The Hall–Kier alpha value is -3.13. The molecule has 33 heavy (non-hydrogen) atoms. The zero-order valence-corrected chi connectivity index (χ0v) is 19.0. The van der Waals surface area contributed by atoms with E-state index in [2.05, 4.69) is 20.0 Å². The molecule has 0 atom stereocenters. The highest BCUT2D eigenvalue weighted by atomic mass is 19.1. The molecule has 0 N–H and O–H groups in total. The Morgan fingerprint density at radius 3 is 2.55 bits per heavy atom. The molecular formula is C25H29FN6O. The Balaban J connectivity index is 1.31. The van der Waals surface area contributed by atoms with E-state index in [4.69, 9.17) is 0 Å². The molecule has 0 radical (unpaired) electrons. The maximum atomic E-state index is 14.2. The first-order valence-electron chi connectivity index (χ1n) is 11.8. The Bertz CT molecular complexity index is 1130. The number of benzene rings is 1. The molecule has 2 aliphatic rings. The number of hydrogen-bond acceptors (Lipinski definition) is 5. The minimum atomic E-state index is -0.345. The highest BCUT2D eigenvalue weighted by molar-refractivity contribution is 5.95. The van der Waals surface area contributed by atoms with Crippen molar-refractivity contribution in [2.24, 2.45) is 0 Å². The largest absolute Gasteiger partial charge is 0.336 e. The van der Waals surface area contributed by atoms with Crippen LogP contribution < -0.4 is 0 Å². The summed E-state index contributed by atoms with van der Waals surface area (Å²) in [6, 6.07) is 8.84. The highest BCUT2D eigenvalue weighted by Gasteiger charge is 2.29. The van der Waals surface area contributed by atoms with E-state index in [-0.39, 0.29) is 11.7 Å². The first-order chi connectivity index (χ1) is 16.1. The molecule has 172 valence electrons. The van der Waals surface area contributed by atoms with Gasteiger partial charge in [0.25, 0.3) is 11.9 Å². The summed E-state index contributed by atoms with van der Waals surface area (Å²) in [5.41, 5.74) is 2.11. The third-order valence-electron chi connectivity index (χ3n) is 6.91. The van der Waals surface area contributed by atoms with Gasteiger partial charge in [-0.2, -0.15) is 5.10 Å². The van der Waals surface area contributed by atoms with Crippen molar-refractivity contribution in [1.82, 2.24) is 29.5 Å². The van der Waals surface area contributed by atoms with Gasteiger partial charge >= 0.3 is 0 Å². The van der Waals surface area contributed by atoms with Gasteiger partial charge in [-0.25, -0.2) is 19.0 Å². The van der Waals surface area contributed by atoms with Gasteiger partial charge in [-0.1, -0.05) is 31.4 Å². The van der Waals surface area contributed by atoms with Gasteiger partial charge in [-0.05, 0) is 38.0 Å². The molecule has 1 aliphatic heterocycles. The number of aromatic nitrogens is 4. The van der Waals surface area contributed by atoms with E-state index >= 15 is 0 Å². The number of piperazine rings is 1. The summed E-state index contributed by atoms with van der Waals surface area (Å²) in [5, 5.41) is 4.39. The van der Waals surface area contributed by atoms with Crippen LogP contribution in [0.25, 0.3) is 17.2 Å². The molecule has 8 heteroatoms. The second-order valence-corrected chi connectivity index (χ2v) is 8.90. The Morgan fingerprint density at radius 1 is 1.03 bits per heavy atom. The predicted molar refractivity (Wildman–Crippen MR) is 124 cm³/mol. The average Bonchev–Trinajstić information content (AvgIpc) is 3.26. The summed E-state index contributed by atoms with van der Waals surface area (Å²) in [6.07, 6.45) is 9.73. The molecule has 3 aromatic rings. The lowest BCUT2D eigenvalue weighted by atomic mass is 9.94. The maximum Gasteiger partial charge on any atom is 0.257 e. The molecule has 3 heterocycles. The van der Waals surface area contributed by atoms with Crippen LogP contribution in [0.1, 0.15) is 48.2 Å². The first-order valence-corrected chi connectivity index (χ1v) is 11.8. The summed E-state index contributed by atoms with van der Waals surface area (Å²) in [5.74, 6) is -0.0377. The minimum absolute atomic E-state index is 0.00713. The lowest BCUT2D eigenvalue weighted by molar-refractivity contribution is 0.0522. The van der Waals surface area contributed by atoms with Gasteiger partial charge in [0.1, 0.15) is 5.82 Å². The number of nitrogens with zero attached hydrogens (tertiary/aromatic N) is 6. The van der Waals surface area contributed by atoms with Crippen LogP contribution >= 0.6 is 0 Å². The predicted octanol–water partition coefficient (Wildman–Crippen LogP) is 3.87. The van der Waals surface area contributed by atoms with Crippen molar-refractivity contribution in [2.75, 3.05) is 26.2 Å². The molecule has 5 rings (SSSR count). The fraction of sp³-hybridized carbons (Fsp3) is 0.440. The molecule has 2 fully saturated rings. The van der Waals surface area contributed by atoms with Crippen molar-refractivity contribution in [3.05, 3.63) is 59.8 Å². The van der Waals surface area contributed by atoms with E-state index in [1.165, 1.54) is 38.2 Å². The van der Waals surface area contributed by atoms with Crippen molar-refractivity contribution in [3.8, 4) is 17.2 Å². The van der Waals surface area contributed by atoms with Gasteiger partial charge in [0.05, 0.1) is 23.1 Å². The number of hydrogen-bond donors (Lipinski definition) is 0. The van der Waals surface area contributed by atoms with Crippen LogP contribution in [0.2, 0.25) is 0 Å². The Labute approximate surface area is 193 Å². The summed E-state index contributed by atoms with van der Waals surface area (Å²) in [6.45, 7) is 5.17. The van der Waals surface area contributed by atoms with Gasteiger partial charge in [0.15, 0.2) is 0 Å². The van der Waals surface area contributed by atoms with Crippen LogP contribution in [-0.4, -0.2) is 67.7 Å². The van der Waals surface area contributed by atoms with E-state index in [0.29, 0.717) is 34.5 Å². The molecule has 1 aliphatic carbocycles. The summed E-state index contributed by atoms with van der Waals surface area (Å²) in [7, 11) is 0. The Kier molecular flexibility index (Phi) is 6.17. The molecule has 2 aromatic heterocycles. The number of carbonyl (C=O) groups is 1. The van der Waals surface area contributed by atoms with Crippen LogP contribution in [0.15, 0.2) is 42.7 Å². The maximum absolute atomic E-state index is 14.2. The number of halogens is 1. The van der Waals surface area contributed by atoms with Crippen LogP contribution in [0.5, 0.6) is 0 Å².